The number of furan rings is 1. The van der Waals surface area contributed by atoms with Crippen molar-refractivity contribution in [2.75, 3.05) is 0 Å². The van der Waals surface area contributed by atoms with E-state index in [1.165, 1.54) is 37.9 Å². The summed E-state index contributed by atoms with van der Waals surface area (Å²) in [6, 6.07) is 51.5. The maximum absolute atomic E-state index is 6.63. The van der Waals surface area contributed by atoms with E-state index in [0.29, 0.717) is 11.8 Å². The fourth-order valence-electron chi connectivity index (χ4n) is 7.84. The van der Waals surface area contributed by atoms with Gasteiger partial charge in [0.1, 0.15) is 5.58 Å². The van der Waals surface area contributed by atoms with E-state index in [-0.39, 0.29) is 20.1 Å². The van der Waals surface area contributed by atoms with Crippen LogP contribution in [0.5, 0.6) is 0 Å². The molecule has 0 saturated heterocycles. The molecule has 299 valence electrons. The molecule has 0 spiro atoms. The van der Waals surface area contributed by atoms with Crippen LogP contribution in [0.15, 0.2) is 138 Å². The Hall–Kier alpha value is -5.07. The molecule has 6 heteroatoms. The molecule has 4 nitrogen and oxygen atoms in total. The summed E-state index contributed by atoms with van der Waals surface area (Å²) < 4.78 is 10.4. The van der Waals surface area contributed by atoms with Gasteiger partial charge in [0.2, 0.25) is 0 Å². The summed E-state index contributed by atoms with van der Waals surface area (Å²) in [5, 5.41) is 2.26. The number of pyridine rings is 1. The summed E-state index contributed by atoms with van der Waals surface area (Å²) in [7, 11) is 0. The number of aryl methyl sites for hydroxylation is 2. The van der Waals surface area contributed by atoms with Crippen molar-refractivity contribution < 1.29 is 24.5 Å². The second-order valence-corrected chi connectivity index (χ2v) is 27.7. The quantitative estimate of drug-likeness (QED) is 0.118. The molecule has 0 bridgehead atoms. The topological polar surface area (TPSA) is 43.9 Å². The number of fused-ring (bicyclic) bond motifs is 4. The van der Waals surface area contributed by atoms with Gasteiger partial charge >= 0.3 is 99.8 Å². The number of hydrogen-bond donors (Lipinski definition) is 0. The van der Waals surface area contributed by atoms with E-state index in [1.54, 1.807) is 0 Å². The van der Waals surface area contributed by atoms with Crippen molar-refractivity contribution in [3.05, 3.63) is 168 Å². The molecule has 0 aliphatic carbocycles. The third kappa shape index (κ3) is 8.39. The Kier molecular flexibility index (Phi) is 12.3. The minimum atomic E-state index is -1.72. The zero-order valence-corrected chi connectivity index (χ0v) is 39.9. The van der Waals surface area contributed by atoms with Gasteiger partial charge in [-0.1, -0.05) is 100 Å². The summed E-state index contributed by atoms with van der Waals surface area (Å²) in [4.78, 5) is 9.81. The van der Waals surface area contributed by atoms with Crippen molar-refractivity contribution in [2.45, 2.75) is 70.6 Å². The number of imidazole rings is 1. The Morgan fingerprint density at radius 3 is 2.05 bits per heavy atom. The number of aromatic nitrogens is 3. The van der Waals surface area contributed by atoms with E-state index in [1.807, 2.05) is 30.5 Å². The second-order valence-electron chi connectivity index (χ2n) is 17.0. The van der Waals surface area contributed by atoms with Gasteiger partial charge in [0, 0.05) is 31.2 Å². The van der Waals surface area contributed by atoms with Gasteiger partial charge in [0.05, 0.1) is 22.4 Å². The Balaban J connectivity index is 0.000000262. The third-order valence-corrected chi connectivity index (χ3v) is 15.3. The van der Waals surface area contributed by atoms with Gasteiger partial charge in [-0.25, -0.2) is 0 Å². The molecule has 0 unspecified atom stereocenters. The molecule has 9 aromatic rings. The van der Waals surface area contributed by atoms with Crippen LogP contribution in [0.4, 0.5) is 0 Å². The maximum Gasteiger partial charge on any atom is 0 e. The normalized spacial score (nSPS) is 11.6. The molecule has 0 atom stereocenters. The minimum absolute atomic E-state index is 0. The van der Waals surface area contributed by atoms with Crippen LogP contribution in [0.1, 0.15) is 61.8 Å². The summed E-state index contributed by atoms with van der Waals surface area (Å²) in [5.74, 6) is 8.59. The van der Waals surface area contributed by atoms with Crippen molar-refractivity contribution >= 4 is 50.6 Å². The van der Waals surface area contributed by atoms with Crippen LogP contribution in [0.25, 0.3) is 72.4 Å². The summed E-state index contributed by atoms with van der Waals surface area (Å²) in [5.41, 5.74) is 15.3. The second kappa shape index (κ2) is 17.3. The third-order valence-electron chi connectivity index (χ3n) is 11.0. The van der Waals surface area contributed by atoms with Crippen molar-refractivity contribution in [3.8, 4) is 39.5 Å². The zero-order valence-electron chi connectivity index (χ0n) is 35.4. The van der Waals surface area contributed by atoms with Gasteiger partial charge in [-0.3, -0.25) is 4.98 Å². The van der Waals surface area contributed by atoms with Crippen molar-refractivity contribution in [3.63, 3.8) is 0 Å². The van der Waals surface area contributed by atoms with Crippen LogP contribution in [-0.2, 0) is 20.1 Å². The van der Waals surface area contributed by atoms with Gasteiger partial charge in [0.15, 0.2) is 0 Å². The summed E-state index contributed by atoms with van der Waals surface area (Å²) in [6.45, 7) is 13.4. The molecule has 1 radical (unpaired) electrons. The van der Waals surface area contributed by atoms with E-state index in [9.17, 15) is 0 Å². The van der Waals surface area contributed by atoms with Gasteiger partial charge in [-0.15, -0.1) is 17.7 Å². The molecule has 0 amide bonds. The number of rotatable bonds is 7. The summed E-state index contributed by atoms with van der Waals surface area (Å²) in [6.07, 6.45) is 2.04. The van der Waals surface area contributed by atoms with E-state index in [2.05, 4.69) is 184 Å². The Morgan fingerprint density at radius 2 is 1.41 bits per heavy atom. The van der Waals surface area contributed by atoms with Crippen LogP contribution in [0.2, 0.25) is 17.3 Å². The van der Waals surface area contributed by atoms with Gasteiger partial charge < -0.3 is 8.98 Å². The first-order valence-electron chi connectivity index (χ1n) is 20.4. The van der Waals surface area contributed by atoms with Gasteiger partial charge in [0.25, 0.3) is 0 Å². The van der Waals surface area contributed by atoms with Crippen molar-refractivity contribution in [1.82, 2.24) is 14.5 Å². The molecule has 0 fully saturated rings. The summed E-state index contributed by atoms with van der Waals surface area (Å²) >= 11 is -1.72. The first-order chi connectivity index (χ1) is 27.9. The van der Waals surface area contributed by atoms with Crippen molar-refractivity contribution in [2.24, 2.45) is 0 Å². The number of hydrogen-bond acceptors (Lipinski definition) is 3. The van der Waals surface area contributed by atoms with E-state index >= 15 is 0 Å². The first kappa shape index (κ1) is 42.1. The largest absolute Gasteiger partial charge is 0 e. The molecule has 0 saturated carbocycles. The minimum Gasteiger partial charge on any atom is 0 e. The standard InChI is InChI=1S/C39H35N2O.C14H16GeN.Ir/c1-23(2)31-21-28(27-12-8-7-9-13-27)22-32(24(3)4)37(31)41-34-15-11-10-14-33(34)40-39(41)30-19-17-26(6)36-29-18-16-25(5)20-35(29)42-38(30)36;1-15(2,3)13-9-10-14(16-11-13)12-7-5-4-6-8-12;/h7-18,20-24H,1-6H3;4-7,9-11H,1-3H3;/q2*-1;. The predicted molar refractivity (Wildman–Crippen MR) is 247 cm³/mol. The first-order valence-corrected chi connectivity index (χ1v) is 27.7. The molecule has 3 heterocycles. The molecule has 0 aliphatic rings. The van der Waals surface area contributed by atoms with E-state index < -0.39 is 13.3 Å². The molecule has 3 aromatic heterocycles. The van der Waals surface area contributed by atoms with Gasteiger partial charge in [-0.05, 0) is 76.9 Å². The molecular formula is C53H51GeIrN3O-2. The zero-order chi connectivity index (χ0) is 40.7. The van der Waals surface area contributed by atoms with Crippen LogP contribution in [0.3, 0.4) is 0 Å². The molecule has 9 rings (SSSR count). The smallest absolute Gasteiger partial charge is 0 e. The predicted octanol–water partition coefficient (Wildman–Crippen LogP) is 14.0. The van der Waals surface area contributed by atoms with Gasteiger partial charge in [-0.2, -0.15) is 0 Å². The Morgan fingerprint density at radius 1 is 0.712 bits per heavy atom. The van der Waals surface area contributed by atoms with Crippen molar-refractivity contribution in [1.29, 1.82) is 0 Å². The van der Waals surface area contributed by atoms with E-state index in [4.69, 9.17) is 9.40 Å². The number of para-hydroxylation sites is 2. The Bertz CT molecular complexity index is 2860. The molecule has 0 aliphatic heterocycles. The van der Waals surface area contributed by atoms with Crippen LogP contribution in [-0.4, -0.2) is 27.8 Å². The fraction of sp³-hybridized carbons (Fsp3) is 0.208. The molecular weight excluding hydrogens is 959 g/mol. The average molecular weight is 1010 g/mol. The SMILES string of the molecule is Cc1ccc2c(c1)oc1c(-c3nc4ccccc4n3-c3c(C(C)C)cc(-c4ccccc4)cc3C(C)C)[c-]cc(C)c12.[CH3][Ge]([CH3])([CH3])[c]1ccc(-c2[c-]cccc2)nc1.[Ir]. The number of nitrogens with zero attached hydrogens (tertiary/aromatic N) is 3. The molecule has 6 aromatic carbocycles. The Labute approximate surface area is 365 Å². The average Bonchev–Trinajstić information content (AvgIpc) is 3.80. The van der Waals surface area contributed by atoms with Crippen LogP contribution < -0.4 is 4.40 Å². The monoisotopic (exact) mass is 1010 g/mol. The van der Waals surface area contributed by atoms with E-state index in [0.717, 1.165) is 61.2 Å². The van der Waals surface area contributed by atoms with Crippen LogP contribution in [0, 0.1) is 26.0 Å². The fourth-order valence-corrected chi connectivity index (χ4v) is 10.0. The van der Waals surface area contributed by atoms with Crippen LogP contribution >= 0.6 is 0 Å². The maximum atomic E-state index is 6.63. The molecule has 59 heavy (non-hydrogen) atoms. The molecule has 0 N–H and O–H groups in total. The number of benzene rings is 6.